The van der Waals surface area contributed by atoms with Crippen LogP contribution >= 0.6 is 15.9 Å². The van der Waals surface area contributed by atoms with E-state index in [1.165, 1.54) is 6.07 Å². The minimum Gasteiger partial charge on any atom is -0.363 e. The number of rotatable bonds is 3. The lowest BCUT2D eigenvalue weighted by molar-refractivity contribution is 0.600. The van der Waals surface area contributed by atoms with Gasteiger partial charge in [-0.1, -0.05) is 18.2 Å². The van der Waals surface area contributed by atoms with Crippen LogP contribution in [-0.4, -0.2) is 4.98 Å². The van der Waals surface area contributed by atoms with Crippen molar-refractivity contribution in [3.05, 3.63) is 58.4 Å². The maximum absolute atomic E-state index is 13.5. The van der Waals surface area contributed by atoms with Crippen LogP contribution in [0.25, 0.3) is 0 Å². The van der Waals surface area contributed by atoms with Gasteiger partial charge >= 0.3 is 0 Å². The Kier molecular flexibility index (Phi) is 3.74. The van der Waals surface area contributed by atoms with Crippen molar-refractivity contribution in [3.63, 3.8) is 0 Å². The third-order valence-electron chi connectivity index (χ3n) is 2.46. The Morgan fingerprint density at radius 1 is 1.24 bits per heavy atom. The Hall–Kier alpha value is -1.42. The number of halogens is 2. The molecule has 0 aliphatic rings. The summed E-state index contributed by atoms with van der Waals surface area (Å²) in [6, 6.07) is 10.4. The predicted octanol–water partition coefficient (Wildman–Crippen LogP) is 4.16. The molecule has 2 nitrogen and oxygen atoms in total. The number of benzene rings is 1. The third kappa shape index (κ3) is 3.03. The molecule has 0 aliphatic heterocycles. The predicted molar refractivity (Wildman–Crippen MR) is 70.4 cm³/mol. The first-order chi connectivity index (χ1) is 8.16. The summed E-state index contributed by atoms with van der Waals surface area (Å²) >= 11 is 3.32. The maximum Gasteiger partial charge on any atom is 0.128 e. The summed E-state index contributed by atoms with van der Waals surface area (Å²) < 4.78 is 14.5. The average molecular weight is 295 g/mol. The lowest BCUT2D eigenvalue weighted by Gasteiger charge is -2.15. The quantitative estimate of drug-likeness (QED) is 0.919. The third-order valence-corrected chi connectivity index (χ3v) is 2.93. The molecule has 1 aromatic heterocycles. The molecular formula is C13H12BrFN2. The Bertz CT molecular complexity index is 499. The fourth-order valence-corrected chi connectivity index (χ4v) is 1.82. The van der Waals surface area contributed by atoms with Gasteiger partial charge in [0, 0.05) is 16.2 Å². The number of hydrogen-bond donors (Lipinski definition) is 1. The second-order valence-corrected chi connectivity index (χ2v) is 4.66. The summed E-state index contributed by atoms with van der Waals surface area (Å²) in [5, 5.41) is 3.15. The summed E-state index contributed by atoms with van der Waals surface area (Å²) in [5.41, 5.74) is 0.636. The topological polar surface area (TPSA) is 24.9 Å². The molecule has 0 spiro atoms. The zero-order valence-corrected chi connectivity index (χ0v) is 10.9. The molecular weight excluding hydrogens is 283 g/mol. The standard InChI is InChI=1S/C13H12BrFN2/c1-9(11-4-2-3-5-12(11)15)17-13-7-6-10(14)8-16-13/h2-9H,1H3,(H,16,17). The van der Waals surface area contributed by atoms with E-state index in [-0.39, 0.29) is 11.9 Å². The lowest BCUT2D eigenvalue weighted by atomic mass is 10.1. The Balaban J connectivity index is 2.14. The molecule has 1 unspecified atom stereocenters. The molecule has 0 radical (unpaired) electrons. The van der Waals surface area contributed by atoms with Crippen LogP contribution in [0.4, 0.5) is 10.2 Å². The zero-order valence-electron chi connectivity index (χ0n) is 9.32. The highest BCUT2D eigenvalue weighted by molar-refractivity contribution is 9.10. The summed E-state index contributed by atoms with van der Waals surface area (Å²) in [6.07, 6.45) is 1.70. The molecule has 2 aromatic rings. The second-order valence-electron chi connectivity index (χ2n) is 3.75. The van der Waals surface area contributed by atoms with Crippen LogP contribution in [0.3, 0.4) is 0 Å². The van der Waals surface area contributed by atoms with E-state index < -0.39 is 0 Å². The van der Waals surface area contributed by atoms with Crippen molar-refractivity contribution in [1.82, 2.24) is 4.98 Å². The first kappa shape index (κ1) is 12.0. The van der Waals surface area contributed by atoms with E-state index in [2.05, 4.69) is 26.2 Å². The van der Waals surface area contributed by atoms with E-state index >= 15 is 0 Å². The van der Waals surface area contributed by atoms with Crippen LogP contribution < -0.4 is 5.32 Å². The van der Waals surface area contributed by atoms with E-state index in [0.717, 1.165) is 10.3 Å². The molecule has 17 heavy (non-hydrogen) atoms. The molecule has 1 heterocycles. The molecule has 0 amide bonds. The highest BCUT2D eigenvalue weighted by Gasteiger charge is 2.10. The number of aromatic nitrogens is 1. The molecule has 4 heteroatoms. The monoisotopic (exact) mass is 294 g/mol. The van der Waals surface area contributed by atoms with E-state index in [0.29, 0.717) is 5.56 Å². The first-order valence-electron chi connectivity index (χ1n) is 5.29. The zero-order chi connectivity index (χ0) is 12.3. The van der Waals surface area contributed by atoms with Crippen molar-refractivity contribution < 1.29 is 4.39 Å². The highest BCUT2D eigenvalue weighted by Crippen LogP contribution is 2.21. The molecule has 0 aliphatic carbocycles. The summed E-state index contributed by atoms with van der Waals surface area (Å²) in [6.45, 7) is 1.90. The number of pyridine rings is 1. The van der Waals surface area contributed by atoms with Crippen LogP contribution in [0.2, 0.25) is 0 Å². The van der Waals surface area contributed by atoms with E-state index in [1.807, 2.05) is 25.1 Å². The van der Waals surface area contributed by atoms with Gasteiger partial charge in [-0.3, -0.25) is 0 Å². The average Bonchev–Trinajstić information content (AvgIpc) is 2.32. The maximum atomic E-state index is 13.5. The van der Waals surface area contributed by atoms with Gasteiger partial charge in [0.25, 0.3) is 0 Å². The molecule has 0 bridgehead atoms. The molecule has 0 saturated carbocycles. The van der Waals surface area contributed by atoms with Crippen molar-refractivity contribution in [2.24, 2.45) is 0 Å². The number of nitrogens with one attached hydrogen (secondary N) is 1. The molecule has 1 N–H and O–H groups in total. The van der Waals surface area contributed by atoms with Gasteiger partial charge in [0.05, 0.1) is 6.04 Å². The summed E-state index contributed by atoms with van der Waals surface area (Å²) in [7, 11) is 0. The Labute approximate surface area is 108 Å². The summed E-state index contributed by atoms with van der Waals surface area (Å²) in [5.74, 6) is 0.522. The Morgan fingerprint density at radius 3 is 2.65 bits per heavy atom. The van der Waals surface area contributed by atoms with Gasteiger partial charge < -0.3 is 5.32 Å². The van der Waals surface area contributed by atoms with Gasteiger partial charge in [-0.2, -0.15) is 0 Å². The van der Waals surface area contributed by atoms with Crippen LogP contribution in [0.15, 0.2) is 47.1 Å². The van der Waals surface area contributed by atoms with Gasteiger partial charge in [-0.05, 0) is 41.1 Å². The van der Waals surface area contributed by atoms with Crippen molar-refractivity contribution >= 4 is 21.7 Å². The number of hydrogen-bond acceptors (Lipinski definition) is 2. The van der Waals surface area contributed by atoms with Crippen LogP contribution in [0.5, 0.6) is 0 Å². The Morgan fingerprint density at radius 2 is 2.00 bits per heavy atom. The van der Waals surface area contributed by atoms with Crippen LogP contribution in [-0.2, 0) is 0 Å². The minimum absolute atomic E-state index is 0.120. The van der Waals surface area contributed by atoms with Crippen molar-refractivity contribution in [3.8, 4) is 0 Å². The highest BCUT2D eigenvalue weighted by atomic mass is 79.9. The second kappa shape index (κ2) is 5.27. The SMILES string of the molecule is CC(Nc1ccc(Br)cn1)c1ccccc1F. The lowest BCUT2D eigenvalue weighted by Crippen LogP contribution is -2.09. The van der Waals surface area contributed by atoms with Crippen molar-refractivity contribution in [1.29, 1.82) is 0 Å². The van der Waals surface area contributed by atoms with Gasteiger partial charge in [0.15, 0.2) is 0 Å². The smallest absolute Gasteiger partial charge is 0.128 e. The van der Waals surface area contributed by atoms with Crippen LogP contribution in [0.1, 0.15) is 18.5 Å². The summed E-state index contributed by atoms with van der Waals surface area (Å²) in [4.78, 5) is 4.19. The van der Waals surface area contributed by atoms with Gasteiger partial charge in [-0.15, -0.1) is 0 Å². The number of anilines is 1. The molecule has 88 valence electrons. The molecule has 1 atom stereocenters. The fourth-order valence-electron chi connectivity index (χ4n) is 1.59. The molecule has 0 saturated heterocycles. The molecule has 0 fully saturated rings. The van der Waals surface area contributed by atoms with E-state index in [4.69, 9.17) is 0 Å². The van der Waals surface area contributed by atoms with Crippen LogP contribution in [0, 0.1) is 5.82 Å². The van der Waals surface area contributed by atoms with Gasteiger partial charge in [0.2, 0.25) is 0 Å². The minimum atomic E-state index is -0.204. The van der Waals surface area contributed by atoms with E-state index in [1.54, 1.807) is 18.3 Å². The number of nitrogens with zero attached hydrogens (tertiary/aromatic N) is 1. The fraction of sp³-hybridized carbons (Fsp3) is 0.154. The largest absolute Gasteiger partial charge is 0.363 e. The first-order valence-corrected chi connectivity index (χ1v) is 6.08. The molecule has 1 aromatic carbocycles. The van der Waals surface area contributed by atoms with Crippen molar-refractivity contribution in [2.45, 2.75) is 13.0 Å². The van der Waals surface area contributed by atoms with Crippen molar-refractivity contribution in [2.75, 3.05) is 5.32 Å². The van der Waals surface area contributed by atoms with Gasteiger partial charge in [0.1, 0.15) is 11.6 Å². The van der Waals surface area contributed by atoms with Gasteiger partial charge in [-0.25, -0.2) is 9.37 Å². The molecule has 2 rings (SSSR count). The van der Waals surface area contributed by atoms with E-state index in [9.17, 15) is 4.39 Å². The normalized spacial score (nSPS) is 12.2.